The van der Waals surface area contributed by atoms with Crippen molar-refractivity contribution < 1.29 is 42.9 Å². The summed E-state index contributed by atoms with van der Waals surface area (Å²) in [6, 6.07) is 0. The second kappa shape index (κ2) is 9.71. The number of hydrogen-bond acceptors (Lipinski definition) is 9. The van der Waals surface area contributed by atoms with Gasteiger partial charge < -0.3 is 23.7 Å². The fourth-order valence-electron chi connectivity index (χ4n) is 1.59. The minimum atomic E-state index is -0.833. The quantitative estimate of drug-likeness (QED) is 0.379. The van der Waals surface area contributed by atoms with E-state index in [1.54, 1.807) is 0 Å². The molecule has 134 valence electrons. The van der Waals surface area contributed by atoms with Crippen LogP contribution in [0.25, 0.3) is 0 Å². The van der Waals surface area contributed by atoms with E-state index < -0.39 is 23.9 Å². The monoisotopic (exact) mass is 352 g/mol. The summed E-state index contributed by atoms with van der Waals surface area (Å²) >= 11 is 0. The van der Waals surface area contributed by atoms with Crippen LogP contribution in [0.1, 0.15) is 0 Å². The number of hydrogen-bond donors (Lipinski definition) is 0. The Bertz CT molecular complexity index is 680. The third-order valence-electron chi connectivity index (χ3n) is 2.77. The summed E-state index contributed by atoms with van der Waals surface area (Å²) in [6.45, 7) is -0.358. The van der Waals surface area contributed by atoms with Crippen molar-refractivity contribution in [2.24, 2.45) is 0 Å². The number of carbonyl (C=O) groups excluding carboxylic acids is 4. The molecule has 0 radical (unpaired) electrons. The molecule has 0 saturated heterocycles. The summed E-state index contributed by atoms with van der Waals surface area (Å²) in [5, 5.41) is 0. The SMILES string of the molecule is COC(=O)/C=C/C(=O)OCC1=CC(C(=O)OC)=C(C(=O)OC)C=CO1. The third-order valence-corrected chi connectivity index (χ3v) is 2.77. The van der Waals surface area contributed by atoms with Gasteiger partial charge in [-0.3, -0.25) is 0 Å². The van der Waals surface area contributed by atoms with Gasteiger partial charge in [0, 0.05) is 12.2 Å². The van der Waals surface area contributed by atoms with Crippen LogP contribution in [-0.2, 0) is 42.9 Å². The van der Waals surface area contributed by atoms with Crippen LogP contribution < -0.4 is 0 Å². The Morgan fingerprint density at radius 2 is 1.52 bits per heavy atom. The van der Waals surface area contributed by atoms with Crippen LogP contribution in [0.5, 0.6) is 0 Å². The van der Waals surface area contributed by atoms with Crippen molar-refractivity contribution in [3.05, 3.63) is 47.5 Å². The lowest BCUT2D eigenvalue weighted by atomic mass is 10.1. The van der Waals surface area contributed by atoms with Crippen molar-refractivity contribution in [3.8, 4) is 0 Å². The zero-order valence-electron chi connectivity index (χ0n) is 13.8. The van der Waals surface area contributed by atoms with Gasteiger partial charge in [-0.05, 0) is 12.2 Å². The lowest BCUT2D eigenvalue weighted by Gasteiger charge is -2.07. The molecule has 1 rings (SSSR count). The fraction of sp³-hybridized carbons (Fsp3) is 0.250. The average molecular weight is 352 g/mol. The number of rotatable bonds is 6. The highest BCUT2D eigenvalue weighted by atomic mass is 16.6. The first-order chi connectivity index (χ1) is 11.9. The number of esters is 4. The maximum absolute atomic E-state index is 11.9. The van der Waals surface area contributed by atoms with E-state index in [1.165, 1.54) is 12.2 Å². The lowest BCUT2D eigenvalue weighted by molar-refractivity contribution is -0.139. The van der Waals surface area contributed by atoms with Gasteiger partial charge >= 0.3 is 23.9 Å². The van der Waals surface area contributed by atoms with Gasteiger partial charge in [0.2, 0.25) is 0 Å². The molecule has 0 N–H and O–H groups in total. The highest BCUT2D eigenvalue weighted by Gasteiger charge is 2.22. The molecule has 0 bridgehead atoms. The molecule has 0 aliphatic carbocycles. The summed E-state index contributed by atoms with van der Waals surface area (Å²) < 4.78 is 23.6. The predicted octanol–water partition coefficient (Wildman–Crippen LogP) is 0.329. The maximum Gasteiger partial charge on any atom is 0.338 e. The summed E-state index contributed by atoms with van der Waals surface area (Å²) in [5.41, 5.74) is -0.208. The van der Waals surface area contributed by atoms with Gasteiger partial charge in [0.25, 0.3) is 0 Å². The van der Waals surface area contributed by atoms with Crippen LogP contribution in [0, 0.1) is 0 Å². The van der Waals surface area contributed by atoms with E-state index in [0.717, 1.165) is 39.7 Å². The van der Waals surface area contributed by atoms with E-state index in [-0.39, 0.29) is 23.5 Å². The first-order valence-corrected chi connectivity index (χ1v) is 6.80. The molecule has 0 amide bonds. The second-order valence-electron chi connectivity index (χ2n) is 4.31. The molecule has 0 unspecified atom stereocenters. The smallest absolute Gasteiger partial charge is 0.338 e. The molecule has 0 aromatic heterocycles. The molecule has 1 aliphatic rings. The summed E-state index contributed by atoms with van der Waals surface area (Å²) in [4.78, 5) is 46.0. The van der Waals surface area contributed by atoms with Crippen molar-refractivity contribution in [1.82, 2.24) is 0 Å². The predicted molar refractivity (Wildman–Crippen MR) is 81.5 cm³/mol. The van der Waals surface area contributed by atoms with E-state index >= 15 is 0 Å². The fourth-order valence-corrected chi connectivity index (χ4v) is 1.59. The molecular weight excluding hydrogens is 336 g/mol. The van der Waals surface area contributed by atoms with Gasteiger partial charge in [0.1, 0.15) is 12.4 Å². The van der Waals surface area contributed by atoms with E-state index in [2.05, 4.69) is 14.2 Å². The first-order valence-electron chi connectivity index (χ1n) is 6.80. The van der Waals surface area contributed by atoms with Gasteiger partial charge in [-0.1, -0.05) is 0 Å². The molecule has 0 atom stereocenters. The van der Waals surface area contributed by atoms with Crippen LogP contribution in [0.15, 0.2) is 47.5 Å². The van der Waals surface area contributed by atoms with Gasteiger partial charge in [-0.25, -0.2) is 19.2 Å². The Balaban J connectivity index is 2.94. The van der Waals surface area contributed by atoms with Crippen molar-refractivity contribution >= 4 is 23.9 Å². The van der Waals surface area contributed by atoms with Gasteiger partial charge in [-0.15, -0.1) is 0 Å². The number of methoxy groups -OCH3 is 3. The molecule has 0 aromatic rings. The van der Waals surface area contributed by atoms with Crippen LogP contribution in [0.4, 0.5) is 0 Å². The van der Waals surface area contributed by atoms with Crippen molar-refractivity contribution in [1.29, 1.82) is 0 Å². The lowest BCUT2D eigenvalue weighted by Crippen LogP contribution is -2.13. The Morgan fingerprint density at radius 1 is 0.920 bits per heavy atom. The molecule has 25 heavy (non-hydrogen) atoms. The molecule has 1 heterocycles. The zero-order valence-corrected chi connectivity index (χ0v) is 13.8. The number of carbonyl (C=O) groups is 4. The van der Waals surface area contributed by atoms with Gasteiger partial charge in [0.15, 0.2) is 0 Å². The second-order valence-corrected chi connectivity index (χ2v) is 4.31. The van der Waals surface area contributed by atoms with Crippen LogP contribution in [-0.4, -0.2) is 51.8 Å². The molecule has 0 spiro atoms. The van der Waals surface area contributed by atoms with E-state index in [9.17, 15) is 19.2 Å². The average Bonchev–Trinajstić information content (AvgIpc) is 2.85. The Hall–Kier alpha value is -3.36. The molecule has 0 fully saturated rings. The molecule has 0 aromatic carbocycles. The van der Waals surface area contributed by atoms with E-state index in [0.29, 0.717) is 0 Å². The van der Waals surface area contributed by atoms with Crippen LogP contribution in [0.2, 0.25) is 0 Å². The zero-order chi connectivity index (χ0) is 18.8. The third kappa shape index (κ3) is 5.98. The van der Waals surface area contributed by atoms with E-state index in [4.69, 9.17) is 9.47 Å². The summed E-state index contributed by atoms with van der Waals surface area (Å²) in [6.07, 6.45) is 5.30. The summed E-state index contributed by atoms with van der Waals surface area (Å²) in [7, 11) is 3.46. The Morgan fingerprint density at radius 3 is 2.12 bits per heavy atom. The minimum absolute atomic E-state index is 0.0513. The minimum Gasteiger partial charge on any atom is -0.466 e. The van der Waals surface area contributed by atoms with Crippen molar-refractivity contribution in [3.63, 3.8) is 0 Å². The summed E-state index contributed by atoms with van der Waals surface area (Å²) in [5.74, 6) is -3.07. The largest absolute Gasteiger partial charge is 0.466 e. The first kappa shape index (κ1) is 19.7. The van der Waals surface area contributed by atoms with Crippen LogP contribution in [0.3, 0.4) is 0 Å². The van der Waals surface area contributed by atoms with Gasteiger partial charge in [0.05, 0.1) is 38.7 Å². The standard InChI is InChI=1S/C16H16O9/c1-21-13(17)4-5-14(18)25-9-10-8-12(16(20)23-3)11(6-7-24-10)15(19)22-2/h4-8H,9H2,1-3H3/b5-4+. The number of ether oxygens (including phenoxy) is 5. The highest BCUT2D eigenvalue weighted by Crippen LogP contribution is 2.19. The van der Waals surface area contributed by atoms with Gasteiger partial charge in [-0.2, -0.15) is 0 Å². The topological polar surface area (TPSA) is 114 Å². The highest BCUT2D eigenvalue weighted by molar-refractivity contribution is 6.04. The molecule has 1 aliphatic heterocycles. The molecule has 9 nitrogen and oxygen atoms in total. The molecule has 9 heteroatoms. The molecular formula is C16H16O9. The van der Waals surface area contributed by atoms with Crippen LogP contribution >= 0.6 is 0 Å². The Labute approximate surface area is 143 Å². The van der Waals surface area contributed by atoms with Crippen molar-refractivity contribution in [2.75, 3.05) is 27.9 Å². The normalized spacial score (nSPS) is 13.5. The van der Waals surface area contributed by atoms with Crippen molar-refractivity contribution in [2.45, 2.75) is 0 Å². The molecule has 0 saturated carbocycles. The van der Waals surface area contributed by atoms with E-state index in [1.807, 2.05) is 0 Å². The maximum atomic E-state index is 11.9. The Kier molecular flexibility index (Phi) is 7.64.